The molecular formula is C16H18ClN. The predicted octanol–water partition coefficient (Wildman–Crippen LogP) is 3.78. The van der Waals surface area contributed by atoms with E-state index >= 15 is 0 Å². The number of benzene rings is 2. The SMILES string of the molecule is Cl.NCCc1ccc(/C=C\c2ccccc2)cc1. The zero-order chi connectivity index (χ0) is 11.9. The monoisotopic (exact) mass is 259 g/mol. The van der Waals surface area contributed by atoms with Gasteiger partial charge in [0.2, 0.25) is 0 Å². The highest BCUT2D eigenvalue weighted by Crippen LogP contribution is 2.09. The van der Waals surface area contributed by atoms with Gasteiger partial charge in [-0.3, -0.25) is 0 Å². The molecule has 2 N–H and O–H groups in total. The van der Waals surface area contributed by atoms with Gasteiger partial charge in [-0.1, -0.05) is 66.7 Å². The smallest absolute Gasteiger partial charge is 0.00367 e. The summed E-state index contributed by atoms with van der Waals surface area (Å²) in [4.78, 5) is 0. The molecule has 0 saturated carbocycles. The van der Waals surface area contributed by atoms with E-state index in [1.807, 2.05) is 18.2 Å². The molecule has 18 heavy (non-hydrogen) atoms. The van der Waals surface area contributed by atoms with Gasteiger partial charge in [-0.05, 0) is 29.7 Å². The molecule has 0 aliphatic rings. The van der Waals surface area contributed by atoms with Gasteiger partial charge in [0.05, 0.1) is 0 Å². The lowest BCUT2D eigenvalue weighted by molar-refractivity contribution is 0.969. The highest BCUT2D eigenvalue weighted by atomic mass is 35.5. The third-order valence-corrected chi connectivity index (χ3v) is 2.68. The minimum Gasteiger partial charge on any atom is -0.330 e. The number of hydrogen-bond acceptors (Lipinski definition) is 1. The molecule has 2 aromatic carbocycles. The molecule has 0 amide bonds. The van der Waals surface area contributed by atoms with E-state index in [-0.39, 0.29) is 12.4 Å². The third kappa shape index (κ3) is 4.36. The van der Waals surface area contributed by atoms with Crippen LogP contribution in [0.5, 0.6) is 0 Å². The van der Waals surface area contributed by atoms with Crippen LogP contribution in [-0.4, -0.2) is 6.54 Å². The molecule has 2 aromatic rings. The maximum absolute atomic E-state index is 5.52. The van der Waals surface area contributed by atoms with Gasteiger partial charge in [0.1, 0.15) is 0 Å². The van der Waals surface area contributed by atoms with Crippen molar-refractivity contribution in [2.75, 3.05) is 6.54 Å². The van der Waals surface area contributed by atoms with E-state index in [0.717, 1.165) is 6.42 Å². The molecule has 0 unspecified atom stereocenters. The van der Waals surface area contributed by atoms with E-state index in [4.69, 9.17) is 5.73 Å². The van der Waals surface area contributed by atoms with Crippen LogP contribution in [0, 0.1) is 0 Å². The fourth-order valence-corrected chi connectivity index (χ4v) is 1.72. The van der Waals surface area contributed by atoms with Crippen LogP contribution in [0.25, 0.3) is 12.2 Å². The van der Waals surface area contributed by atoms with Crippen molar-refractivity contribution in [1.82, 2.24) is 0 Å². The van der Waals surface area contributed by atoms with E-state index < -0.39 is 0 Å². The zero-order valence-electron chi connectivity index (χ0n) is 10.3. The molecular weight excluding hydrogens is 242 g/mol. The van der Waals surface area contributed by atoms with Crippen LogP contribution in [0.3, 0.4) is 0 Å². The van der Waals surface area contributed by atoms with Gasteiger partial charge in [0.25, 0.3) is 0 Å². The summed E-state index contributed by atoms with van der Waals surface area (Å²) in [5.41, 5.74) is 9.25. The second-order valence-corrected chi connectivity index (χ2v) is 4.02. The van der Waals surface area contributed by atoms with E-state index in [2.05, 4.69) is 48.6 Å². The lowest BCUT2D eigenvalue weighted by Crippen LogP contribution is -2.02. The lowest BCUT2D eigenvalue weighted by atomic mass is 10.1. The van der Waals surface area contributed by atoms with E-state index in [1.165, 1.54) is 16.7 Å². The van der Waals surface area contributed by atoms with E-state index in [9.17, 15) is 0 Å². The first-order chi connectivity index (χ1) is 8.38. The lowest BCUT2D eigenvalue weighted by Gasteiger charge is -1.99. The largest absolute Gasteiger partial charge is 0.330 e. The number of halogens is 1. The van der Waals surface area contributed by atoms with Crippen LogP contribution in [0.2, 0.25) is 0 Å². The second-order valence-electron chi connectivity index (χ2n) is 4.02. The zero-order valence-corrected chi connectivity index (χ0v) is 11.1. The van der Waals surface area contributed by atoms with Crippen LogP contribution in [0.15, 0.2) is 54.6 Å². The molecule has 0 spiro atoms. The highest BCUT2D eigenvalue weighted by Gasteiger charge is 1.91. The average Bonchev–Trinajstić information content (AvgIpc) is 2.40. The van der Waals surface area contributed by atoms with Crippen molar-refractivity contribution in [2.24, 2.45) is 5.73 Å². The molecule has 0 heterocycles. The molecule has 0 aliphatic carbocycles. The van der Waals surface area contributed by atoms with Crippen molar-refractivity contribution >= 4 is 24.6 Å². The molecule has 0 radical (unpaired) electrons. The Hall–Kier alpha value is -1.57. The molecule has 2 heteroatoms. The Balaban J connectivity index is 0.00000162. The quantitative estimate of drug-likeness (QED) is 0.831. The summed E-state index contributed by atoms with van der Waals surface area (Å²) in [6.45, 7) is 0.708. The summed E-state index contributed by atoms with van der Waals surface area (Å²) in [5, 5.41) is 0. The number of rotatable bonds is 4. The van der Waals surface area contributed by atoms with Crippen molar-refractivity contribution in [1.29, 1.82) is 0 Å². The summed E-state index contributed by atoms with van der Waals surface area (Å²) < 4.78 is 0. The van der Waals surface area contributed by atoms with E-state index in [0.29, 0.717) is 6.54 Å². The number of hydrogen-bond donors (Lipinski definition) is 1. The first kappa shape index (κ1) is 14.5. The van der Waals surface area contributed by atoms with E-state index in [1.54, 1.807) is 0 Å². The molecule has 0 aromatic heterocycles. The van der Waals surface area contributed by atoms with Crippen LogP contribution in [0.1, 0.15) is 16.7 Å². The Morgan fingerprint density at radius 2 is 1.33 bits per heavy atom. The molecule has 0 aliphatic heterocycles. The maximum atomic E-state index is 5.52. The Morgan fingerprint density at radius 3 is 1.89 bits per heavy atom. The van der Waals surface area contributed by atoms with Gasteiger partial charge in [-0.25, -0.2) is 0 Å². The Kier molecular flexibility index (Phi) is 6.20. The maximum Gasteiger partial charge on any atom is -0.00367 e. The number of nitrogens with two attached hydrogens (primary N) is 1. The van der Waals surface area contributed by atoms with Gasteiger partial charge in [-0.15, -0.1) is 12.4 Å². The van der Waals surface area contributed by atoms with Crippen molar-refractivity contribution < 1.29 is 0 Å². The summed E-state index contributed by atoms with van der Waals surface area (Å²) in [6.07, 6.45) is 5.20. The standard InChI is InChI=1S/C16H17N.ClH/c17-13-12-16-10-8-15(9-11-16)7-6-14-4-2-1-3-5-14;/h1-11H,12-13,17H2;1H/b7-6-;. The predicted molar refractivity (Wildman–Crippen MR) is 81.8 cm³/mol. The van der Waals surface area contributed by atoms with Gasteiger partial charge in [0.15, 0.2) is 0 Å². The van der Waals surface area contributed by atoms with Crippen LogP contribution < -0.4 is 5.73 Å². The van der Waals surface area contributed by atoms with Gasteiger partial charge < -0.3 is 5.73 Å². The first-order valence-corrected chi connectivity index (χ1v) is 5.90. The van der Waals surface area contributed by atoms with Crippen LogP contribution in [-0.2, 0) is 6.42 Å². The summed E-state index contributed by atoms with van der Waals surface area (Å²) >= 11 is 0. The minimum absolute atomic E-state index is 0. The second kappa shape index (κ2) is 7.70. The fourth-order valence-electron chi connectivity index (χ4n) is 1.72. The summed E-state index contributed by atoms with van der Waals surface area (Å²) in [6, 6.07) is 18.8. The van der Waals surface area contributed by atoms with Crippen molar-refractivity contribution in [3.05, 3.63) is 71.3 Å². The molecule has 1 nitrogen and oxygen atoms in total. The third-order valence-electron chi connectivity index (χ3n) is 2.68. The molecule has 94 valence electrons. The van der Waals surface area contributed by atoms with Gasteiger partial charge in [-0.2, -0.15) is 0 Å². The van der Waals surface area contributed by atoms with Crippen molar-refractivity contribution in [3.63, 3.8) is 0 Å². The Labute approximate surface area is 115 Å². The van der Waals surface area contributed by atoms with Crippen LogP contribution >= 0.6 is 12.4 Å². The van der Waals surface area contributed by atoms with Gasteiger partial charge >= 0.3 is 0 Å². The van der Waals surface area contributed by atoms with Crippen molar-refractivity contribution in [3.8, 4) is 0 Å². The molecule has 0 fully saturated rings. The normalized spacial score (nSPS) is 10.3. The molecule has 0 atom stereocenters. The fraction of sp³-hybridized carbons (Fsp3) is 0.125. The molecule has 2 rings (SSSR count). The summed E-state index contributed by atoms with van der Waals surface area (Å²) in [5.74, 6) is 0. The minimum atomic E-state index is 0. The molecule has 0 bridgehead atoms. The van der Waals surface area contributed by atoms with Crippen molar-refractivity contribution in [2.45, 2.75) is 6.42 Å². The van der Waals surface area contributed by atoms with Gasteiger partial charge in [0, 0.05) is 0 Å². The Bertz CT molecular complexity index is 474. The summed E-state index contributed by atoms with van der Waals surface area (Å²) in [7, 11) is 0. The van der Waals surface area contributed by atoms with Crippen LogP contribution in [0.4, 0.5) is 0 Å². The topological polar surface area (TPSA) is 26.0 Å². The molecule has 0 saturated heterocycles. The highest BCUT2D eigenvalue weighted by molar-refractivity contribution is 5.85. The Morgan fingerprint density at radius 1 is 0.778 bits per heavy atom. The first-order valence-electron chi connectivity index (χ1n) is 5.90. The average molecular weight is 260 g/mol.